The lowest BCUT2D eigenvalue weighted by Gasteiger charge is -2.06. The number of ether oxygens (including phenoxy) is 1. The van der Waals surface area contributed by atoms with Crippen LogP contribution in [0.1, 0.15) is 20.7 Å². The van der Waals surface area contributed by atoms with Crippen molar-refractivity contribution in [3.05, 3.63) is 65.2 Å². The molecule has 0 aromatic heterocycles. The van der Waals surface area contributed by atoms with E-state index in [2.05, 4.69) is 0 Å². The summed E-state index contributed by atoms with van der Waals surface area (Å²) in [6.45, 7) is 0. The lowest BCUT2D eigenvalue weighted by Crippen LogP contribution is -2.13. The summed E-state index contributed by atoms with van der Waals surface area (Å²) in [7, 11) is 0. The number of carbonyl (C=O) groups excluding carboxylic acids is 2. The number of carbonyl (C=O) groups is 2. The van der Waals surface area contributed by atoms with Crippen LogP contribution in [0.2, 0.25) is 0 Å². The molecule has 0 fully saturated rings. The molecule has 0 aliphatic heterocycles. The number of benzene rings is 2. The average Bonchev–Trinajstić information content (AvgIpc) is 2.39. The Morgan fingerprint density at radius 2 is 1.58 bits per heavy atom. The Bertz CT molecular complexity index is 601. The van der Waals surface area contributed by atoms with E-state index in [0.717, 1.165) is 18.2 Å². The quantitative estimate of drug-likeness (QED) is 0.485. The minimum Gasteiger partial charge on any atom is -0.423 e. The van der Waals surface area contributed by atoms with Gasteiger partial charge in [-0.2, -0.15) is 0 Å². The van der Waals surface area contributed by atoms with Gasteiger partial charge in [0.1, 0.15) is 29.2 Å². The van der Waals surface area contributed by atoms with Crippen LogP contribution >= 0.6 is 0 Å². The molecule has 0 spiro atoms. The zero-order chi connectivity index (χ0) is 13.8. The van der Waals surface area contributed by atoms with Gasteiger partial charge in [-0.15, -0.1) is 0 Å². The molecule has 0 amide bonds. The molecule has 0 aliphatic carbocycles. The molecular formula is C14H8F2O3. The highest BCUT2D eigenvalue weighted by molar-refractivity contribution is 5.91. The fourth-order valence-electron chi connectivity index (χ4n) is 1.47. The summed E-state index contributed by atoms with van der Waals surface area (Å²) in [6, 6.07) is 8.66. The Morgan fingerprint density at radius 3 is 2.11 bits per heavy atom. The molecule has 2 rings (SSSR count). The van der Waals surface area contributed by atoms with Gasteiger partial charge >= 0.3 is 5.97 Å². The molecule has 2 aromatic rings. The van der Waals surface area contributed by atoms with E-state index in [-0.39, 0.29) is 5.75 Å². The largest absolute Gasteiger partial charge is 0.423 e. The first-order chi connectivity index (χ1) is 9.11. The van der Waals surface area contributed by atoms with Gasteiger partial charge in [0, 0.05) is 5.56 Å². The second kappa shape index (κ2) is 5.39. The Labute approximate surface area is 107 Å². The average molecular weight is 262 g/mol. The maximum Gasteiger partial charge on any atom is 0.349 e. The van der Waals surface area contributed by atoms with Gasteiger partial charge in [-0.25, -0.2) is 13.6 Å². The lowest BCUT2D eigenvalue weighted by molar-refractivity contribution is 0.0724. The summed E-state index contributed by atoms with van der Waals surface area (Å²) in [6.07, 6.45) is 0.627. The van der Waals surface area contributed by atoms with Crippen LogP contribution in [-0.4, -0.2) is 12.3 Å². The third-order valence-electron chi connectivity index (χ3n) is 2.39. The van der Waals surface area contributed by atoms with Gasteiger partial charge in [0.25, 0.3) is 0 Å². The van der Waals surface area contributed by atoms with E-state index in [9.17, 15) is 18.4 Å². The lowest BCUT2D eigenvalue weighted by atomic mass is 10.2. The number of hydrogen-bond donors (Lipinski definition) is 0. The van der Waals surface area contributed by atoms with Crippen LogP contribution in [-0.2, 0) is 0 Å². The van der Waals surface area contributed by atoms with Crippen molar-refractivity contribution in [1.29, 1.82) is 0 Å². The first-order valence-electron chi connectivity index (χ1n) is 5.33. The van der Waals surface area contributed by atoms with E-state index in [1.807, 2.05) is 0 Å². The van der Waals surface area contributed by atoms with Gasteiger partial charge in [-0.05, 0) is 36.4 Å². The topological polar surface area (TPSA) is 43.4 Å². The minimum atomic E-state index is -1.13. The van der Waals surface area contributed by atoms with Crippen LogP contribution in [0.3, 0.4) is 0 Å². The highest BCUT2D eigenvalue weighted by atomic mass is 19.1. The Balaban J connectivity index is 2.23. The second-order valence-corrected chi connectivity index (χ2v) is 3.67. The molecule has 0 N–H and O–H groups in total. The highest BCUT2D eigenvalue weighted by Crippen LogP contribution is 2.17. The van der Waals surface area contributed by atoms with E-state index in [1.54, 1.807) is 0 Å². The maximum absolute atomic E-state index is 13.3. The molecule has 0 atom stereocenters. The molecule has 0 aliphatic rings. The van der Waals surface area contributed by atoms with E-state index in [1.165, 1.54) is 24.3 Å². The standard InChI is InChI=1S/C14H8F2O3/c15-11-2-1-3-12(16)13(11)14(18)19-10-6-4-9(8-17)5-7-10/h1-8H. The monoisotopic (exact) mass is 262 g/mol. The molecule has 2 aromatic carbocycles. The van der Waals surface area contributed by atoms with Crippen molar-refractivity contribution in [2.45, 2.75) is 0 Å². The van der Waals surface area contributed by atoms with Gasteiger partial charge in [-0.3, -0.25) is 4.79 Å². The van der Waals surface area contributed by atoms with Crippen molar-refractivity contribution in [1.82, 2.24) is 0 Å². The van der Waals surface area contributed by atoms with Gasteiger partial charge < -0.3 is 4.74 Å². The van der Waals surface area contributed by atoms with Crippen LogP contribution in [0, 0.1) is 11.6 Å². The summed E-state index contributed by atoms with van der Waals surface area (Å²) < 4.78 is 31.5. The predicted octanol–water partition coefficient (Wildman–Crippen LogP) is 3.00. The van der Waals surface area contributed by atoms with Crippen molar-refractivity contribution in [2.75, 3.05) is 0 Å². The molecule has 0 heterocycles. The number of aldehydes is 1. The summed E-state index contributed by atoms with van der Waals surface area (Å²) in [5.41, 5.74) is -0.348. The second-order valence-electron chi connectivity index (χ2n) is 3.67. The van der Waals surface area contributed by atoms with Crippen LogP contribution < -0.4 is 4.74 Å². The highest BCUT2D eigenvalue weighted by Gasteiger charge is 2.19. The molecule has 0 bridgehead atoms. The summed E-state index contributed by atoms with van der Waals surface area (Å²) in [4.78, 5) is 22.1. The van der Waals surface area contributed by atoms with Crippen molar-refractivity contribution in [3.8, 4) is 5.75 Å². The molecule has 0 unspecified atom stereocenters. The number of rotatable bonds is 3. The molecule has 0 saturated heterocycles. The summed E-state index contributed by atoms with van der Waals surface area (Å²) >= 11 is 0. The van der Waals surface area contributed by atoms with Crippen molar-refractivity contribution in [2.24, 2.45) is 0 Å². The zero-order valence-corrected chi connectivity index (χ0v) is 9.60. The van der Waals surface area contributed by atoms with E-state index >= 15 is 0 Å². The molecule has 19 heavy (non-hydrogen) atoms. The summed E-state index contributed by atoms with van der Waals surface area (Å²) in [5.74, 6) is -3.02. The smallest absolute Gasteiger partial charge is 0.349 e. The van der Waals surface area contributed by atoms with Crippen LogP contribution in [0.4, 0.5) is 8.78 Å². The SMILES string of the molecule is O=Cc1ccc(OC(=O)c2c(F)cccc2F)cc1. The predicted molar refractivity (Wildman–Crippen MR) is 63.1 cm³/mol. The molecule has 5 heteroatoms. The van der Waals surface area contributed by atoms with E-state index in [4.69, 9.17) is 4.74 Å². The maximum atomic E-state index is 13.3. The van der Waals surface area contributed by atoms with Crippen molar-refractivity contribution >= 4 is 12.3 Å². The van der Waals surface area contributed by atoms with Gasteiger partial charge in [0.05, 0.1) is 0 Å². The number of esters is 1. The number of halogens is 2. The minimum absolute atomic E-state index is 0.0956. The Kier molecular flexibility index (Phi) is 3.66. The van der Waals surface area contributed by atoms with Crippen molar-refractivity contribution < 1.29 is 23.1 Å². The molecule has 0 radical (unpaired) electrons. The normalized spacial score (nSPS) is 10.0. The third kappa shape index (κ3) is 2.82. The molecule has 96 valence electrons. The first-order valence-corrected chi connectivity index (χ1v) is 5.33. The van der Waals surface area contributed by atoms with Gasteiger partial charge in [0.15, 0.2) is 0 Å². The van der Waals surface area contributed by atoms with Gasteiger partial charge in [-0.1, -0.05) is 6.07 Å². The van der Waals surface area contributed by atoms with Crippen LogP contribution in [0.5, 0.6) is 5.75 Å². The molecule has 0 saturated carbocycles. The zero-order valence-electron chi connectivity index (χ0n) is 9.60. The molecule has 3 nitrogen and oxygen atoms in total. The van der Waals surface area contributed by atoms with Crippen LogP contribution in [0.15, 0.2) is 42.5 Å². The van der Waals surface area contributed by atoms with Crippen LogP contribution in [0.25, 0.3) is 0 Å². The Morgan fingerprint density at radius 1 is 1.00 bits per heavy atom. The van der Waals surface area contributed by atoms with E-state index in [0.29, 0.717) is 11.8 Å². The third-order valence-corrected chi connectivity index (χ3v) is 2.39. The van der Waals surface area contributed by atoms with Crippen molar-refractivity contribution in [3.63, 3.8) is 0 Å². The van der Waals surface area contributed by atoms with E-state index < -0.39 is 23.2 Å². The Hall–Kier alpha value is -2.56. The van der Waals surface area contributed by atoms with Gasteiger partial charge in [0.2, 0.25) is 0 Å². The molecular weight excluding hydrogens is 254 g/mol. The number of hydrogen-bond acceptors (Lipinski definition) is 3. The fraction of sp³-hybridized carbons (Fsp3) is 0. The summed E-state index contributed by atoms with van der Waals surface area (Å²) in [5, 5.41) is 0. The fourth-order valence-corrected chi connectivity index (χ4v) is 1.47. The first kappa shape index (κ1) is 12.9.